The quantitative estimate of drug-likeness (QED) is 0.681. The largest absolute Gasteiger partial charge is 0.468 e. The highest BCUT2D eigenvalue weighted by Gasteiger charge is 2.10. The van der Waals surface area contributed by atoms with Gasteiger partial charge in [-0.1, -0.05) is 25.0 Å². The molecule has 0 saturated carbocycles. The van der Waals surface area contributed by atoms with Crippen LogP contribution in [0.4, 0.5) is 4.39 Å². The minimum Gasteiger partial charge on any atom is -0.468 e. The van der Waals surface area contributed by atoms with E-state index in [0.717, 1.165) is 37.5 Å². The molecule has 0 fully saturated rings. The Hall–Kier alpha value is -1.84. The number of rotatable bonds is 8. The lowest BCUT2D eigenvalue weighted by molar-refractivity contribution is 0.268. The van der Waals surface area contributed by atoms with Gasteiger partial charge in [-0.25, -0.2) is 9.18 Å². The Morgan fingerprint density at radius 2 is 2.05 bits per heavy atom. The molecule has 0 aliphatic rings. The van der Waals surface area contributed by atoms with Crippen LogP contribution in [0, 0.1) is 5.82 Å². The van der Waals surface area contributed by atoms with Crippen LogP contribution in [0.15, 0.2) is 28.9 Å². The molecule has 0 amide bonds. The molecule has 0 unspecified atom stereocenters. The fourth-order valence-electron chi connectivity index (χ4n) is 2.17. The minimum absolute atomic E-state index is 0.226. The molecule has 0 spiro atoms. The summed E-state index contributed by atoms with van der Waals surface area (Å²) in [7, 11) is 0. The van der Waals surface area contributed by atoms with Crippen molar-refractivity contribution in [3.63, 3.8) is 0 Å². The molecule has 2 aromatic rings. The smallest absolute Gasteiger partial charge is 0.417 e. The first-order valence-electron chi connectivity index (χ1n) is 6.46. The van der Waals surface area contributed by atoms with Crippen LogP contribution in [-0.2, 0) is 16.0 Å². The molecule has 19 heavy (non-hydrogen) atoms. The Kier molecular flexibility index (Phi) is 4.95. The maximum Gasteiger partial charge on any atom is 0.417 e. The number of furan rings is 1. The number of unbranched alkanes of at least 4 members (excludes halogenated alkanes) is 3. The van der Waals surface area contributed by atoms with Crippen LogP contribution in [0.25, 0.3) is 10.8 Å². The molecular formula is C15H16FO3. The Balaban J connectivity index is 1.80. The number of ether oxygens (including phenoxy) is 1. The second-order valence-electron chi connectivity index (χ2n) is 4.46. The summed E-state index contributed by atoms with van der Waals surface area (Å²) >= 11 is 0. The molecular weight excluding hydrogens is 247 g/mol. The predicted octanol–water partition coefficient (Wildman–Crippen LogP) is 3.76. The van der Waals surface area contributed by atoms with Crippen LogP contribution in [-0.4, -0.2) is 13.1 Å². The van der Waals surface area contributed by atoms with Gasteiger partial charge in [-0.2, -0.15) is 0 Å². The Labute approximate surface area is 111 Å². The summed E-state index contributed by atoms with van der Waals surface area (Å²) < 4.78 is 23.6. The van der Waals surface area contributed by atoms with Gasteiger partial charge in [0.2, 0.25) is 0 Å². The summed E-state index contributed by atoms with van der Waals surface area (Å²) in [5.41, 5.74) is 0. The van der Waals surface area contributed by atoms with Crippen molar-refractivity contribution in [2.24, 2.45) is 0 Å². The summed E-state index contributed by atoms with van der Waals surface area (Å²) in [6.45, 7) is 1.82. The third kappa shape index (κ3) is 3.56. The first-order chi connectivity index (χ1) is 9.33. The molecule has 4 heteroatoms. The lowest BCUT2D eigenvalue weighted by atomic mass is 10.1. The number of hydrogen-bond donors (Lipinski definition) is 0. The highest BCUT2D eigenvalue weighted by Crippen LogP contribution is 2.25. The summed E-state index contributed by atoms with van der Waals surface area (Å²) in [5.74, 6) is 0.488. The van der Waals surface area contributed by atoms with Crippen molar-refractivity contribution in [1.82, 2.24) is 0 Å². The first kappa shape index (κ1) is 13.6. The van der Waals surface area contributed by atoms with E-state index in [-0.39, 0.29) is 5.82 Å². The zero-order valence-corrected chi connectivity index (χ0v) is 10.7. The highest BCUT2D eigenvalue weighted by atomic mass is 19.1. The second kappa shape index (κ2) is 6.92. The molecule has 101 valence electrons. The third-order valence-electron chi connectivity index (χ3n) is 3.11. The molecule has 3 nitrogen and oxygen atoms in total. The van der Waals surface area contributed by atoms with Gasteiger partial charge in [-0.15, -0.1) is 0 Å². The van der Waals surface area contributed by atoms with E-state index in [2.05, 4.69) is 4.74 Å². The van der Waals surface area contributed by atoms with Gasteiger partial charge in [0.1, 0.15) is 11.6 Å². The Morgan fingerprint density at radius 1 is 1.21 bits per heavy atom. The van der Waals surface area contributed by atoms with E-state index in [1.165, 1.54) is 12.5 Å². The average Bonchev–Trinajstić information content (AvgIpc) is 2.82. The van der Waals surface area contributed by atoms with Crippen LogP contribution in [0.5, 0.6) is 0 Å². The predicted molar refractivity (Wildman–Crippen MR) is 70.0 cm³/mol. The van der Waals surface area contributed by atoms with Crippen molar-refractivity contribution in [3.05, 3.63) is 36.0 Å². The number of benzene rings is 1. The van der Waals surface area contributed by atoms with Crippen molar-refractivity contribution < 1.29 is 18.3 Å². The number of aryl methyl sites for hydroxylation is 1. The van der Waals surface area contributed by atoms with Gasteiger partial charge in [-0.05, 0) is 18.9 Å². The summed E-state index contributed by atoms with van der Waals surface area (Å²) in [5, 5.41) is 1.41. The van der Waals surface area contributed by atoms with Crippen LogP contribution in [0.2, 0.25) is 0 Å². The van der Waals surface area contributed by atoms with Crippen molar-refractivity contribution in [3.8, 4) is 0 Å². The molecule has 2 rings (SSSR count). The molecule has 1 aromatic heterocycles. The van der Waals surface area contributed by atoms with E-state index in [9.17, 15) is 9.18 Å². The maximum atomic E-state index is 13.7. The fourth-order valence-corrected chi connectivity index (χ4v) is 2.17. The van der Waals surface area contributed by atoms with Crippen molar-refractivity contribution in [2.45, 2.75) is 32.1 Å². The molecule has 0 N–H and O–H groups in total. The monoisotopic (exact) mass is 263 g/mol. The van der Waals surface area contributed by atoms with E-state index in [1.54, 1.807) is 12.3 Å². The summed E-state index contributed by atoms with van der Waals surface area (Å²) in [6, 6.07) is 4.98. The molecule has 1 radical (unpaired) electrons. The maximum absolute atomic E-state index is 13.7. The molecule has 0 aliphatic carbocycles. The zero-order valence-electron chi connectivity index (χ0n) is 10.7. The van der Waals surface area contributed by atoms with Crippen LogP contribution in [0.3, 0.4) is 0 Å². The summed E-state index contributed by atoms with van der Waals surface area (Å²) in [4.78, 5) is 9.81. The van der Waals surface area contributed by atoms with Crippen LogP contribution in [0.1, 0.15) is 31.4 Å². The molecule has 1 heterocycles. The fraction of sp³-hybridized carbons (Fsp3) is 0.400. The van der Waals surface area contributed by atoms with Crippen molar-refractivity contribution in [2.75, 3.05) is 6.61 Å². The number of halogens is 1. The molecule has 0 aliphatic heterocycles. The van der Waals surface area contributed by atoms with Crippen LogP contribution < -0.4 is 0 Å². The van der Waals surface area contributed by atoms with E-state index >= 15 is 0 Å². The highest BCUT2D eigenvalue weighted by molar-refractivity contribution is 5.84. The standard InChI is InChI=1S/C15H16FO3/c16-13-7-5-6-12-10-19-14(15(12)13)8-3-1-2-4-9-18-11-17/h5-7,10H,1-4,8-9H2. The molecule has 0 bridgehead atoms. The topological polar surface area (TPSA) is 39.4 Å². The van der Waals surface area contributed by atoms with Gasteiger partial charge in [-0.3, -0.25) is 0 Å². The van der Waals surface area contributed by atoms with Gasteiger partial charge in [0.05, 0.1) is 18.3 Å². The zero-order chi connectivity index (χ0) is 13.5. The van der Waals surface area contributed by atoms with Gasteiger partial charge in [0.15, 0.2) is 0 Å². The van der Waals surface area contributed by atoms with Crippen LogP contribution >= 0.6 is 0 Å². The van der Waals surface area contributed by atoms with Crippen molar-refractivity contribution >= 4 is 17.2 Å². The van der Waals surface area contributed by atoms with E-state index in [1.807, 2.05) is 6.07 Å². The van der Waals surface area contributed by atoms with Gasteiger partial charge in [0, 0.05) is 11.8 Å². The Bertz CT molecular complexity index is 533. The number of hydrogen-bond acceptors (Lipinski definition) is 3. The average molecular weight is 263 g/mol. The summed E-state index contributed by atoms with van der Waals surface area (Å²) in [6.07, 6.45) is 6.07. The Morgan fingerprint density at radius 3 is 2.89 bits per heavy atom. The third-order valence-corrected chi connectivity index (χ3v) is 3.11. The first-order valence-corrected chi connectivity index (χ1v) is 6.46. The molecule has 0 atom stereocenters. The normalized spacial score (nSPS) is 10.8. The lowest BCUT2D eigenvalue weighted by Crippen LogP contribution is -1.92. The molecule has 1 aromatic carbocycles. The van der Waals surface area contributed by atoms with Gasteiger partial charge in [0.25, 0.3) is 0 Å². The lowest BCUT2D eigenvalue weighted by Gasteiger charge is -2.00. The van der Waals surface area contributed by atoms with E-state index < -0.39 is 0 Å². The second-order valence-corrected chi connectivity index (χ2v) is 4.46. The number of carbonyl (C=O) groups excluding carboxylic acids is 1. The van der Waals surface area contributed by atoms with Gasteiger partial charge >= 0.3 is 6.47 Å². The minimum atomic E-state index is -0.226. The number of fused-ring (bicyclic) bond motifs is 1. The van der Waals surface area contributed by atoms with Gasteiger partial charge < -0.3 is 9.15 Å². The van der Waals surface area contributed by atoms with E-state index in [4.69, 9.17) is 4.42 Å². The molecule has 0 saturated heterocycles. The van der Waals surface area contributed by atoms with Crippen molar-refractivity contribution in [1.29, 1.82) is 0 Å². The SMILES string of the molecule is O=[C]OCCCCCCc1occ2cccc(F)c12. The van der Waals surface area contributed by atoms with E-state index in [0.29, 0.717) is 17.8 Å².